The number of nitrogen functional groups attached to an aromatic ring is 1. The minimum absolute atomic E-state index is 0. The van der Waals surface area contributed by atoms with Crippen molar-refractivity contribution in [3.63, 3.8) is 0 Å². The molecule has 2 aromatic rings. The minimum atomic E-state index is 0. The molecule has 0 saturated heterocycles. The van der Waals surface area contributed by atoms with Crippen molar-refractivity contribution in [2.24, 2.45) is 0 Å². The molecule has 0 heterocycles. The fourth-order valence-electron chi connectivity index (χ4n) is 1.24. The van der Waals surface area contributed by atoms with Crippen LogP contribution in [-0.4, -0.2) is 0 Å². The maximum Gasteiger partial charge on any atom is 1.00 e. The largest absolute Gasteiger partial charge is 1.00 e. The Labute approximate surface area is 96.1 Å². The Kier molecular flexibility index (Phi) is 3.82. The molecular formula is C12H10LiN. The average molecular weight is 175 g/mol. The summed E-state index contributed by atoms with van der Waals surface area (Å²) in [4.78, 5) is 0. The second kappa shape index (κ2) is 4.90. The quantitative estimate of drug-likeness (QED) is 0.360. The van der Waals surface area contributed by atoms with Gasteiger partial charge in [-0.3, -0.25) is 0 Å². The molecule has 14 heavy (non-hydrogen) atoms. The van der Waals surface area contributed by atoms with E-state index in [1.807, 2.05) is 48.5 Å². The molecule has 0 aliphatic heterocycles. The Balaban J connectivity index is 0.000000980. The van der Waals surface area contributed by atoms with E-state index >= 15 is 0 Å². The van der Waals surface area contributed by atoms with Gasteiger partial charge in [0.25, 0.3) is 0 Å². The maximum atomic E-state index is 5.59. The van der Waals surface area contributed by atoms with Crippen LogP contribution >= 0.6 is 0 Å². The van der Waals surface area contributed by atoms with Gasteiger partial charge in [-0.15, -0.1) is 35.9 Å². The van der Waals surface area contributed by atoms with Gasteiger partial charge in [-0.25, -0.2) is 0 Å². The monoisotopic (exact) mass is 175 g/mol. The number of anilines is 1. The van der Waals surface area contributed by atoms with Gasteiger partial charge in [0.15, 0.2) is 0 Å². The van der Waals surface area contributed by atoms with E-state index in [2.05, 4.69) is 6.07 Å². The zero-order valence-electron chi connectivity index (χ0n) is 8.20. The predicted molar refractivity (Wildman–Crippen MR) is 55.1 cm³/mol. The summed E-state index contributed by atoms with van der Waals surface area (Å²) in [5.74, 6) is 0. The first kappa shape index (κ1) is 10.9. The van der Waals surface area contributed by atoms with Gasteiger partial charge < -0.3 is 5.73 Å². The Morgan fingerprint density at radius 1 is 0.929 bits per heavy atom. The zero-order chi connectivity index (χ0) is 9.10. The van der Waals surface area contributed by atoms with Crippen LogP contribution in [0.1, 0.15) is 0 Å². The summed E-state index contributed by atoms with van der Waals surface area (Å²) < 4.78 is 0. The molecule has 2 N–H and O–H groups in total. The van der Waals surface area contributed by atoms with E-state index in [4.69, 9.17) is 5.73 Å². The number of hydrogen-bond donors (Lipinski definition) is 1. The van der Waals surface area contributed by atoms with E-state index in [-0.39, 0.29) is 18.9 Å². The second-order valence-electron chi connectivity index (χ2n) is 2.90. The number of rotatable bonds is 1. The molecule has 1 nitrogen and oxygen atoms in total. The molecule has 0 radical (unpaired) electrons. The molecule has 64 valence electrons. The van der Waals surface area contributed by atoms with Gasteiger partial charge in [-0.2, -0.15) is 0 Å². The van der Waals surface area contributed by atoms with Crippen LogP contribution in [0.4, 0.5) is 5.69 Å². The van der Waals surface area contributed by atoms with Crippen LogP contribution < -0.4 is 24.6 Å². The van der Waals surface area contributed by atoms with Gasteiger partial charge in [-0.05, 0) is 12.1 Å². The van der Waals surface area contributed by atoms with Gasteiger partial charge in [0.2, 0.25) is 0 Å². The van der Waals surface area contributed by atoms with Crippen LogP contribution in [0.3, 0.4) is 0 Å². The standard InChI is InChI=1S/C12H10N.Li/c13-12-8-6-11(7-9-12)10-4-2-1-3-5-10;/h1-4,6-9H,13H2;/q-1;+1. The zero-order valence-corrected chi connectivity index (χ0v) is 8.20. The third-order valence-electron chi connectivity index (χ3n) is 1.93. The van der Waals surface area contributed by atoms with E-state index < -0.39 is 0 Å². The van der Waals surface area contributed by atoms with Crippen LogP contribution in [0, 0.1) is 6.07 Å². The van der Waals surface area contributed by atoms with Crippen molar-refractivity contribution in [3.05, 3.63) is 54.6 Å². The molecule has 0 bridgehead atoms. The number of hydrogen-bond acceptors (Lipinski definition) is 1. The van der Waals surface area contributed by atoms with Crippen molar-refractivity contribution < 1.29 is 18.9 Å². The Hall–Kier alpha value is -1.16. The van der Waals surface area contributed by atoms with Crippen LogP contribution in [0.2, 0.25) is 0 Å². The molecule has 0 unspecified atom stereocenters. The van der Waals surface area contributed by atoms with Gasteiger partial charge in [0.1, 0.15) is 0 Å². The summed E-state index contributed by atoms with van der Waals surface area (Å²) in [6.45, 7) is 0. The van der Waals surface area contributed by atoms with E-state index in [1.165, 1.54) is 0 Å². The Morgan fingerprint density at radius 2 is 1.64 bits per heavy atom. The molecule has 0 amide bonds. The second-order valence-corrected chi connectivity index (χ2v) is 2.90. The molecule has 0 saturated carbocycles. The maximum absolute atomic E-state index is 5.59. The summed E-state index contributed by atoms with van der Waals surface area (Å²) in [6, 6.07) is 18.9. The summed E-state index contributed by atoms with van der Waals surface area (Å²) in [6.07, 6.45) is 0. The van der Waals surface area contributed by atoms with Gasteiger partial charge in [0.05, 0.1) is 0 Å². The molecule has 0 aliphatic rings. The molecule has 0 fully saturated rings. The minimum Gasteiger partial charge on any atom is -0.399 e. The number of benzene rings is 2. The Bertz CT molecular complexity index is 381. The summed E-state index contributed by atoms with van der Waals surface area (Å²) in [7, 11) is 0. The van der Waals surface area contributed by atoms with Crippen molar-refractivity contribution in [2.45, 2.75) is 0 Å². The molecule has 2 heteroatoms. The fourth-order valence-corrected chi connectivity index (χ4v) is 1.24. The first-order chi connectivity index (χ1) is 6.36. The van der Waals surface area contributed by atoms with E-state index in [0.717, 1.165) is 16.8 Å². The number of nitrogens with two attached hydrogens (primary N) is 1. The van der Waals surface area contributed by atoms with E-state index in [9.17, 15) is 0 Å². The first-order valence-corrected chi connectivity index (χ1v) is 4.19. The topological polar surface area (TPSA) is 26.0 Å². The molecule has 2 aromatic carbocycles. The molecule has 0 spiro atoms. The third-order valence-corrected chi connectivity index (χ3v) is 1.93. The average Bonchev–Trinajstić information content (AvgIpc) is 2.20. The summed E-state index contributed by atoms with van der Waals surface area (Å²) in [5, 5.41) is 0. The first-order valence-electron chi connectivity index (χ1n) is 4.19. The fraction of sp³-hybridized carbons (Fsp3) is 0. The van der Waals surface area contributed by atoms with Gasteiger partial charge in [-0.1, -0.05) is 17.7 Å². The van der Waals surface area contributed by atoms with E-state index in [1.54, 1.807) is 0 Å². The SMILES string of the molecule is Nc1ccc(-c2[c-]cccc2)cc1.[Li+]. The van der Waals surface area contributed by atoms with Crippen molar-refractivity contribution >= 4 is 5.69 Å². The molecule has 0 atom stereocenters. The molecular weight excluding hydrogens is 165 g/mol. The predicted octanol–water partition coefficient (Wildman–Crippen LogP) is -0.260. The van der Waals surface area contributed by atoms with Crippen LogP contribution in [-0.2, 0) is 0 Å². The molecule has 0 aromatic heterocycles. The third kappa shape index (κ3) is 2.42. The van der Waals surface area contributed by atoms with Crippen LogP contribution in [0.25, 0.3) is 11.1 Å². The summed E-state index contributed by atoms with van der Waals surface area (Å²) >= 11 is 0. The van der Waals surface area contributed by atoms with Crippen LogP contribution in [0.15, 0.2) is 48.5 Å². The van der Waals surface area contributed by atoms with Crippen LogP contribution in [0.5, 0.6) is 0 Å². The Morgan fingerprint density at radius 3 is 2.21 bits per heavy atom. The van der Waals surface area contributed by atoms with Gasteiger partial charge >= 0.3 is 18.9 Å². The van der Waals surface area contributed by atoms with Gasteiger partial charge in [0, 0.05) is 5.69 Å². The van der Waals surface area contributed by atoms with Crippen molar-refractivity contribution in [3.8, 4) is 11.1 Å². The smallest absolute Gasteiger partial charge is 0.399 e. The van der Waals surface area contributed by atoms with Crippen molar-refractivity contribution in [1.82, 2.24) is 0 Å². The molecule has 0 aliphatic carbocycles. The molecule has 2 rings (SSSR count). The van der Waals surface area contributed by atoms with E-state index in [0.29, 0.717) is 0 Å². The van der Waals surface area contributed by atoms with Crippen molar-refractivity contribution in [1.29, 1.82) is 0 Å². The normalized spacial score (nSPS) is 9.14. The van der Waals surface area contributed by atoms with Crippen molar-refractivity contribution in [2.75, 3.05) is 5.73 Å². The summed E-state index contributed by atoms with van der Waals surface area (Å²) in [5.41, 5.74) is 8.63.